The van der Waals surface area contributed by atoms with Gasteiger partial charge < -0.3 is 20.4 Å². The van der Waals surface area contributed by atoms with Crippen molar-refractivity contribution in [2.24, 2.45) is 0 Å². The first kappa shape index (κ1) is 31.7. The fourth-order valence-electron chi connectivity index (χ4n) is 1.78. The van der Waals surface area contributed by atoms with E-state index in [0.717, 1.165) is 43.5 Å². The Labute approximate surface area is 201 Å². The van der Waals surface area contributed by atoms with Crippen molar-refractivity contribution < 1.29 is 69.7 Å². The fourth-order valence-corrected chi connectivity index (χ4v) is 1.78. The first-order chi connectivity index (χ1) is 15.1. The van der Waals surface area contributed by atoms with Gasteiger partial charge in [-0.3, -0.25) is 0 Å². The van der Waals surface area contributed by atoms with Crippen molar-refractivity contribution in [1.29, 1.82) is 0 Å². The van der Waals surface area contributed by atoms with Crippen LogP contribution in [0, 0.1) is 17.5 Å². The molecule has 0 aromatic heterocycles. The standard InChI is InChI=1S/3C7H5FO2.CH3O.Ti/c3*8-6-3-1-5(2-4-6)7(9)10;1-2;/h3*1-4H,(H,9,10);1H3;/q;;;-1;. The van der Waals surface area contributed by atoms with Gasteiger partial charge in [-0.25, -0.2) is 27.6 Å². The summed E-state index contributed by atoms with van der Waals surface area (Å²) in [5, 5.41) is 33.3. The van der Waals surface area contributed by atoms with Crippen molar-refractivity contribution in [3.8, 4) is 0 Å². The van der Waals surface area contributed by atoms with Crippen molar-refractivity contribution in [2.45, 2.75) is 0 Å². The number of hydrogen-bond donors (Lipinski definition) is 3. The molecule has 0 atom stereocenters. The Morgan fingerprint density at radius 1 is 0.515 bits per heavy atom. The first-order valence-electron chi connectivity index (χ1n) is 8.47. The molecule has 0 spiro atoms. The summed E-state index contributed by atoms with van der Waals surface area (Å²) < 4.78 is 36.5. The van der Waals surface area contributed by atoms with Gasteiger partial charge in [0.1, 0.15) is 17.5 Å². The van der Waals surface area contributed by atoms with E-state index in [-0.39, 0.29) is 38.4 Å². The number of halogens is 3. The molecular weight excluding hydrogens is 481 g/mol. The smallest absolute Gasteiger partial charge is 0.335 e. The van der Waals surface area contributed by atoms with Crippen LogP contribution in [-0.4, -0.2) is 40.3 Å². The molecule has 0 radical (unpaired) electrons. The summed E-state index contributed by atoms with van der Waals surface area (Å²) in [7, 11) is 0.750. The third kappa shape index (κ3) is 13.5. The zero-order chi connectivity index (χ0) is 24.7. The van der Waals surface area contributed by atoms with E-state index >= 15 is 0 Å². The molecule has 33 heavy (non-hydrogen) atoms. The molecular formula is C22H18F3O7Ti-. The van der Waals surface area contributed by atoms with E-state index in [1.807, 2.05) is 0 Å². The zero-order valence-corrected chi connectivity index (χ0v) is 18.6. The van der Waals surface area contributed by atoms with Crippen molar-refractivity contribution in [3.63, 3.8) is 0 Å². The second-order valence-corrected chi connectivity index (χ2v) is 5.44. The van der Waals surface area contributed by atoms with Crippen molar-refractivity contribution >= 4 is 17.9 Å². The molecule has 0 bridgehead atoms. The van der Waals surface area contributed by atoms with E-state index in [0.29, 0.717) is 0 Å². The van der Waals surface area contributed by atoms with Crippen LogP contribution in [0.1, 0.15) is 31.1 Å². The molecule has 174 valence electrons. The van der Waals surface area contributed by atoms with Gasteiger partial charge in [-0.05, 0) is 72.8 Å². The molecule has 11 heteroatoms. The Morgan fingerprint density at radius 2 is 0.667 bits per heavy atom. The molecule has 0 aliphatic carbocycles. The second kappa shape index (κ2) is 17.1. The summed E-state index contributed by atoms with van der Waals surface area (Å²) in [6.07, 6.45) is 0. The van der Waals surface area contributed by atoms with Gasteiger partial charge in [0.2, 0.25) is 0 Å². The normalized spacial score (nSPS) is 8.64. The van der Waals surface area contributed by atoms with Crippen LogP contribution in [0.3, 0.4) is 0 Å². The minimum Gasteiger partial charge on any atom is -0.857 e. The van der Waals surface area contributed by atoms with Crippen LogP contribution >= 0.6 is 0 Å². The summed E-state index contributed by atoms with van der Waals surface area (Å²) in [4.78, 5) is 30.6. The molecule has 0 aliphatic heterocycles. The Balaban J connectivity index is 0. The maximum atomic E-state index is 12.2. The summed E-state index contributed by atoms with van der Waals surface area (Å²) in [5.41, 5.74) is 0.296. The van der Waals surface area contributed by atoms with Gasteiger partial charge in [0.25, 0.3) is 0 Å². The molecule has 0 heterocycles. The average Bonchev–Trinajstić information content (AvgIpc) is 2.77. The van der Waals surface area contributed by atoms with E-state index in [1.165, 1.54) is 36.4 Å². The summed E-state index contributed by atoms with van der Waals surface area (Å²) in [6.45, 7) is 0. The van der Waals surface area contributed by atoms with E-state index in [4.69, 9.17) is 20.4 Å². The minimum atomic E-state index is -1.04. The van der Waals surface area contributed by atoms with Crippen LogP contribution in [0.5, 0.6) is 0 Å². The molecule has 0 saturated carbocycles. The number of carboxylic acids is 3. The third-order valence-electron chi connectivity index (χ3n) is 3.27. The van der Waals surface area contributed by atoms with Gasteiger partial charge in [0.15, 0.2) is 0 Å². The van der Waals surface area contributed by atoms with Gasteiger partial charge in [0.05, 0.1) is 16.7 Å². The molecule has 3 aromatic rings. The SMILES string of the molecule is C[O-].O=C(O)c1ccc(F)cc1.O=C(O)c1ccc(F)cc1.O=C(O)c1ccc(F)cc1.[Ti]. The molecule has 0 amide bonds. The number of aromatic carboxylic acids is 3. The third-order valence-corrected chi connectivity index (χ3v) is 3.27. The zero-order valence-electron chi connectivity index (χ0n) is 17.0. The number of benzene rings is 3. The van der Waals surface area contributed by atoms with Gasteiger partial charge in [-0.1, -0.05) is 0 Å². The van der Waals surface area contributed by atoms with Crippen LogP contribution in [0.2, 0.25) is 0 Å². The predicted molar refractivity (Wildman–Crippen MR) is 106 cm³/mol. The van der Waals surface area contributed by atoms with Crippen LogP contribution in [0.15, 0.2) is 72.8 Å². The molecule has 3 aromatic carbocycles. The van der Waals surface area contributed by atoms with Gasteiger partial charge >= 0.3 is 17.9 Å². The van der Waals surface area contributed by atoms with E-state index in [9.17, 15) is 27.6 Å². The van der Waals surface area contributed by atoms with Crippen molar-refractivity contribution in [3.05, 3.63) is 107 Å². The maximum absolute atomic E-state index is 12.2. The maximum Gasteiger partial charge on any atom is 0.335 e. The van der Waals surface area contributed by atoms with E-state index in [2.05, 4.69) is 0 Å². The van der Waals surface area contributed by atoms with E-state index in [1.54, 1.807) is 0 Å². The largest absolute Gasteiger partial charge is 0.857 e. The Bertz CT molecular complexity index is 862. The second-order valence-electron chi connectivity index (χ2n) is 5.44. The quantitative estimate of drug-likeness (QED) is 0.469. The van der Waals surface area contributed by atoms with Crippen molar-refractivity contribution in [2.75, 3.05) is 7.11 Å². The molecule has 0 fully saturated rings. The van der Waals surface area contributed by atoms with Gasteiger partial charge in [-0.2, -0.15) is 7.11 Å². The summed E-state index contributed by atoms with van der Waals surface area (Å²) in [5.74, 6) is -4.40. The number of hydrogen-bond acceptors (Lipinski definition) is 4. The fraction of sp³-hybridized carbons (Fsp3) is 0.0455. The topological polar surface area (TPSA) is 135 Å². The van der Waals surface area contributed by atoms with Crippen molar-refractivity contribution in [1.82, 2.24) is 0 Å². The molecule has 3 rings (SSSR count). The van der Waals surface area contributed by atoms with Crippen LogP contribution in [-0.2, 0) is 21.7 Å². The predicted octanol–water partition coefficient (Wildman–Crippen LogP) is 3.55. The monoisotopic (exact) mass is 499 g/mol. The molecule has 3 N–H and O–H groups in total. The average molecular weight is 499 g/mol. The molecule has 0 unspecified atom stereocenters. The molecule has 0 saturated heterocycles. The molecule has 0 aliphatic rings. The van der Waals surface area contributed by atoms with Gasteiger partial charge in [0, 0.05) is 21.7 Å². The van der Waals surface area contributed by atoms with Crippen LogP contribution < -0.4 is 5.11 Å². The number of carbonyl (C=O) groups is 3. The van der Waals surface area contributed by atoms with Crippen LogP contribution in [0.25, 0.3) is 0 Å². The van der Waals surface area contributed by atoms with Gasteiger partial charge in [-0.15, -0.1) is 0 Å². The van der Waals surface area contributed by atoms with E-state index < -0.39 is 35.4 Å². The Kier molecular flexibility index (Phi) is 16.5. The van der Waals surface area contributed by atoms with Crippen LogP contribution in [0.4, 0.5) is 13.2 Å². The summed E-state index contributed by atoms with van der Waals surface area (Å²) in [6, 6.07) is 14.0. The summed E-state index contributed by atoms with van der Waals surface area (Å²) >= 11 is 0. The number of rotatable bonds is 3. The first-order valence-corrected chi connectivity index (χ1v) is 8.47. The Morgan fingerprint density at radius 3 is 0.788 bits per heavy atom. The number of carboxylic acid groups (broad SMARTS) is 3. The molecule has 7 nitrogen and oxygen atoms in total. The minimum absolute atomic E-state index is 0. The Hall–Kier alpha value is -3.47.